The van der Waals surface area contributed by atoms with Crippen molar-refractivity contribution in [2.24, 2.45) is 11.1 Å². The molecule has 2 atom stereocenters. The number of oxime groups is 1. The maximum Gasteiger partial charge on any atom is 0.261 e. The molecule has 0 aromatic heterocycles. The van der Waals surface area contributed by atoms with Gasteiger partial charge in [-0.05, 0) is 37.0 Å². The van der Waals surface area contributed by atoms with Gasteiger partial charge < -0.3 is 19.6 Å². The van der Waals surface area contributed by atoms with Crippen LogP contribution in [0.15, 0.2) is 23.4 Å². The van der Waals surface area contributed by atoms with E-state index < -0.39 is 0 Å². The van der Waals surface area contributed by atoms with Crippen LogP contribution in [0.2, 0.25) is 0 Å². The first-order chi connectivity index (χ1) is 11.2. The predicted octanol–water partition coefficient (Wildman–Crippen LogP) is 2.46. The summed E-state index contributed by atoms with van der Waals surface area (Å²) in [5, 5.41) is 6.86. The highest BCUT2D eigenvalue weighted by molar-refractivity contribution is 5.81. The molecule has 1 aliphatic heterocycles. The molecule has 1 fully saturated rings. The van der Waals surface area contributed by atoms with Gasteiger partial charge in [-0.25, -0.2) is 0 Å². The molecule has 124 valence electrons. The van der Waals surface area contributed by atoms with E-state index in [2.05, 4.69) is 17.4 Å². The summed E-state index contributed by atoms with van der Waals surface area (Å²) in [6.45, 7) is 2.36. The third kappa shape index (κ3) is 4.15. The third-order valence-corrected chi connectivity index (χ3v) is 4.33. The quantitative estimate of drug-likeness (QED) is 0.669. The monoisotopic (exact) mass is 318 g/mol. The normalized spacial score (nSPS) is 23.0. The Kier molecular flexibility index (Phi) is 5.00. The Morgan fingerprint density at radius 2 is 2.17 bits per heavy atom. The van der Waals surface area contributed by atoms with E-state index in [1.165, 1.54) is 19.3 Å². The van der Waals surface area contributed by atoms with Crippen molar-refractivity contribution in [2.45, 2.75) is 38.6 Å². The van der Waals surface area contributed by atoms with Gasteiger partial charge in [0, 0.05) is 11.6 Å². The molecule has 0 unspecified atom stereocenters. The molecule has 1 aliphatic carbocycles. The van der Waals surface area contributed by atoms with Crippen molar-refractivity contribution in [3.8, 4) is 11.5 Å². The topological polar surface area (TPSA) is 69.2 Å². The van der Waals surface area contributed by atoms with Crippen molar-refractivity contribution in [3.05, 3.63) is 23.8 Å². The molecule has 1 saturated carbocycles. The van der Waals surface area contributed by atoms with Crippen LogP contribution in [0.5, 0.6) is 11.5 Å². The van der Waals surface area contributed by atoms with Crippen molar-refractivity contribution < 1.29 is 19.1 Å². The van der Waals surface area contributed by atoms with Crippen LogP contribution >= 0.6 is 0 Å². The van der Waals surface area contributed by atoms with E-state index in [0.29, 0.717) is 11.7 Å². The van der Waals surface area contributed by atoms with Crippen molar-refractivity contribution in [2.75, 3.05) is 13.4 Å². The van der Waals surface area contributed by atoms with E-state index in [4.69, 9.17) is 14.3 Å². The average molecular weight is 318 g/mol. The molecule has 0 spiro atoms. The fraction of sp³-hybridized carbons (Fsp3) is 0.529. The summed E-state index contributed by atoms with van der Waals surface area (Å²) in [6, 6.07) is 5.75. The minimum atomic E-state index is -0.119. The van der Waals surface area contributed by atoms with Crippen molar-refractivity contribution in [1.82, 2.24) is 5.32 Å². The third-order valence-electron chi connectivity index (χ3n) is 4.33. The Hall–Kier alpha value is -2.24. The first-order valence-electron chi connectivity index (χ1n) is 8.07. The Balaban J connectivity index is 1.42. The van der Waals surface area contributed by atoms with Gasteiger partial charge in [0.05, 0.1) is 6.21 Å². The second-order valence-electron chi connectivity index (χ2n) is 6.06. The fourth-order valence-electron chi connectivity index (χ4n) is 2.97. The highest BCUT2D eigenvalue weighted by Crippen LogP contribution is 2.32. The second kappa shape index (κ2) is 7.35. The van der Waals surface area contributed by atoms with E-state index >= 15 is 0 Å². The molecule has 0 radical (unpaired) electrons. The molecule has 1 aromatic rings. The molecule has 0 bridgehead atoms. The zero-order chi connectivity index (χ0) is 16.1. The van der Waals surface area contributed by atoms with Crippen LogP contribution in [0.3, 0.4) is 0 Å². The van der Waals surface area contributed by atoms with Gasteiger partial charge in [-0.3, -0.25) is 4.79 Å². The van der Waals surface area contributed by atoms with E-state index in [1.807, 2.05) is 18.2 Å². The van der Waals surface area contributed by atoms with E-state index in [-0.39, 0.29) is 25.3 Å². The highest BCUT2D eigenvalue weighted by Gasteiger charge is 2.22. The molecule has 1 heterocycles. The van der Waals surface area contributed by atoms with Crippen molar-refractivity contribution in [3.63, 3.8) is 0 Å². The number of rotatable bonds is 5. The highest BCUT2D eigenvalue weighted by atomic mass is 16.7. The molecule has 2 aliphatic rings. The molecule has 0 saturated heterocycles. The number of ether oxygens (including phenoxy) is 2. The number of carbonyl (C=O) groups excluding carboxylic acids is 1. The summed E-state index contributed by atoms with van der Waals surface area (Å²) in [7, 11) is 0. The zero-order valence-corrected chi connectivity index (χ0v) is 13.3. The van der Waals surface area contributed by atoms with E-state index in [9.17, 15) is 4.79 Å². The second-order valence-corrected chi connectivity index (χ2v) is 6.06. The minimum Gasteiger partial charge on any atom is -0.454 e. The summed E-state index contributed by atoms with van der Waals surface area (Å²) in [5.41, 5.74) is 0.829. The van der Waals surface area contributed by atoms with Gasteiger partial charge in [-0.2, -0.15) is 0 Å². The molecular weight excluding hydrogens is 296 g/mol. The number of amides is 1. The average Bonchev–Trinajstić information content (AvgIpc) is 3.01. The predicted molar refractivity (Wildman–Crippen MR) is 85.7 cm³/mol. The van der Waals surface area contributed by atoms with E-state index in [1.54, 1.807) is 6.21 Å². The number of benzene rings is 1. The number of nitrogens with zero attached hydrogens (tertiary/aromatic N) is 1. The molecule has 1 N–H and O–H groups in total. The van der Waals surface area contributed by atoms with Gasteiger partial charge in [0.25, 0.3) is 5.91 Å². The molecule has 23 heavy (non-hydrogen) atoms. The number of carbonyl (C=O) groups is 1. The first kappa shape index (κ1) is 15.6. The molecule has 6 heteroatoms. The lowest BCUT2D eigenvalue weighted by Gasteiger charge is -2.29. The SMILES string of the molecule is C[C@@H]1CCCC[C@H]1NC(=O)CO/N=C\c1ccc2c(c1)OCO2. The van der Waals surface area contributed by atoms with Crippen LogP contribution in [0, 0.1) is 5.92 Å². The summed E-state index contributed by atoms with van der Waals surface area (Å²) >= 11 is 0. The zero-order valence-electron chi connectivity index (χ0n) is 13.3. The van der Waals surface area contributed by atoms with Gasteiger partial charge in [0.15, 0.2) is 18.1 Å². The first-order valence-corrected chi connectivity index (χ1v) is 8.07. The lowest BCUT2D eigenvalue weighted by Crippen LogP contribution is -2.42. The summed E-state index contributed by atoms with van der Waals surface area (Å²) in [5.74, 6) is 1.83. The molecule has 6 nitrogen and oxygen atoms in total. The molecule has 3 rings (SSSR count). The smallest absolute Gasteiger partial charge is 0.261 e. The lowest BCUT2D eigenvalue weighted by molar-refractivity contribution is -0.126. The van der Waals surface area contributed by atoms with Crippen LogP contribution < -0.4 is 14.8 Å². The Bertz CT molecular complexity index is 588. The largest absolute Gasteiger partial charge is 0.454 e. The van der Waals surface area contributed by atoms with Gasteiger partial charge in [0.2, 0.25) is 6.79 Å². The minimum absolute atomic E-state index is 0.0652. The van der Waals surface area contributed by atoms with Crippen LogP contribution in [0.1, 0.15) is 38.2 Å². The standard InChI is InChI=1S/C17H22N2O4/c1-12-4-2-3-5-14(12)19-17(20)10-23-18-9-13-6-7-15-16(8-13)22-11-21-15/h6-9,12,14H,2-5,10-11H2,1H3,(H,19,20)/b18-9-/t12-,14-/m1/s1. The Morgan fingerprint density at radius 1 is 1.35 bits per heavy atom. The maximum absolute atomic E-state index is 11.9. The summed E-state index contributed by atoms with van der Waals surface area (Å²) < 4.78 is 10.5. The Labute approximate surface area is 135 Å². The van der Waals surface area contributed by atoms with Crippen molar-refractivity contribution >= 4 is 12.1 Å². The van der Waals surface area contributed by atoms with Crippen LogP contribution in [-0.4, -0.2) is 31.6 Å². The maximum atomic E-state index is 11.9. The molecule has 1 amide bonds. The fourth-order valence-corrected chi connectivity index (χ4v) is 2.97. The number of hydrogen-bond acceptors (Lipinski definition) is 5. The summed E-state index contributed by atoms with van der Waals surface area (Å²) in [6.07, 6.45) is 6.21. The van der Waals surface area contributed by atoms with Crippen LogP contribution in [-0.2, 0) is 9.63 Å². The lowest BCUT2D eigenvalue weighted by atomic mass is 9.86. The van der Waals surface area contributed by atoms with Crippen LogP contribution in [0.4, 0.5) is 0 Å². The number of nitrogens with one attached hydrogen (secondary N) is 1. The van der Waals surface area contributed by atoms with E-state index in [0.717, 1.165) is 17.7 Å². The Morgan fingerprint density at radius 3 is 3.04 bits per heavy atom. The van der Waals surface area contributed by atoms with Gasteiger partial charge in [-0.15, -0.1) is 0 Å². The van der Waals surface area contributed by atoms with Gasteiger partial charge in [0.1, 0.15) is 0 Å². The summed E-state index contributed by atoms with van der Waals surface area (Å²) in [4.78, 5) is 17.0. The van der Waals surface area contributed by atoms with Crippen molar-refractivity contribution in [1.29, 1.82) is 0 Å². The van der Waals surface area contributed by atoms with Gasteiger partial charge >= 0.3 is 0 Å². The number of hydrogen-bond donors (Lipinski definition) is 1. The van der Waals surface area contributed by atoms with Crippen LogP contribution in [0.25, 0.3) is 0 Å². The molecule has 1 aromatic carbocycles. The molecular formula is C17H22N2O4. The number of fused-ring (bicyclic) bond motifs is 1. The van der Waals surface area contributed by atoms with Gasteiger partial charge in [-0.1, -0.05) is 24.9 Å².